The average molecular weight is 277 g/mol. The molecule has 4 nitrogen and oxygen atoms in total. The minimum atomic E-state index is 0.340. The fraction of sp³-hybridized carbons (Fsp3) is 0.688. The van der Waals surface area contributed by atoms with Crippen LogP contribution in [0.1, 0.15) is 38.3 Å². The van der Waals surface area contributed by atoms with E-state index < -0.39 is 0 Å². The van der Waals surface area contributed by atoms with Crippen LogP contribution in [0.2, 0.25) is 0 Å². The van der Waals surface area contributed by atoms with E-state index in [-0.39, 0.29) is 0 Å². The fourth-order valence-electron chi connectivity index (χ4n) is 2.53. The molecule has 0 aromatic carbocycles. The molecule has 1 aliphatic heterocycles. The second-order valence-corrected chi connectivity index (χ2v) is 5.87. The number of ether oxygens (including phenoxy) is 1. The molecule has 2 heterocycles. The largest absolute Gasteiger partial charge is 0.375 e. The van der Waals surface area contributed by atoms with E-state index in [1.807, 2.05) is 6.20 Å². The standard InChI is InChI=1S/C16H27N3O/c1-5-15-11-19(6-7-20-15)16-13(4)8-14(10-18-16)9-17-12(2)3/h8,10,12,15,17H,5-7,9,11H2,1-4H3. The van der Waals surface area contributed by atoms with Gasteiger partial charge in [0.05, 0.1) is 12.7 Å². The molecule has 0 saturated carbocycles. The highest BCUT2D eigenvalue weighted by atomic mass is 16.5. The zero-order valence-electron chi connectivity index (χ0n) is 13.1. The van der Waals surface area contributed by atoms with E-state index in [9.17, 15) is 0 Å². The van der Waals surface area contributed by atoms with Gasteiger partial charge in [-0.15, -0.1) is 0 Å². The molecular formula is C16H27N3O. The molecule has 1 fully saturated rings. The van der Waals surface area contributed by atoms with Crippen LogP contribution in [0.4, 0.5) is 5.82 Å². The topological polar surface area (TPSA) is 37.4 Å². The Bertz CT molecular complexity index is 434. The quantitative estimate of drug-likeness (QED) is 0.897. The molecule has 1 N–H and O–H groups in total. The average Bonchev–Trinajstić information content (AvgIpc) is 2.45. The molecule has 20 heavy (non-hydrogen) atoms. The van der Waals surface area contributed by atoms with Crippen molar-refractivity contribution < 1.29 is 4.74 Å². The van der Waals surface area contributed by atoms with Crippen molar-refractivity contribution in [2.75, 3.05) is 24.6 Å². The number of nitrogens with zero attached hydrogens (tertiary/aromatic N) is 2. The van der Waals surface area contributed by atoms with Crippen molar-refractivity contribution in [3.63, 3.8) is 0 Å². The molecule has 112 valence electrons. The van der Waals surface area contributed by atoms with Crippen molar-refractivity contribution in [3.05, 3.63) is 23.4 Å². The van der Waals surface area contributed by atoms with Crippen LogP contribution in [-0.2, 0) is 11.3 Å². The van der Waals surface area contributed by atoms with Crippen molar-refractivity contribution in [1.82, 2.24) is 10.3 Å². The SMILES string of the molecule is CCC1CN(c2ncc(CNC(C)C)cc2C)CCO1. The lowest BCUT2D eigenvalue weighted by atomic mass is 10.1. The highest BCUT2D eigenvalue weighted by molar-refractivity contribution is 5.47. The normalized spacial score (nSPS) is 19.6. The van der Waals surface area contributed by atoms with Crippen molar-refractivity contribution >= 4 is 5.82 Å². The Labute approximate surface area is 122 Å². The molecule has 1 unspecified atom stereocenters. The maximum Gasteiger partial charge on any atom is 0.131 e. The Morgan fingerprint density at radius 2 is 2.30 bits per heavy atom. The predicted molar refractivity (Wildman–Crippen MR) is 83.2 cm³/mol. The Morgan fingerprint density at radius 1 is 1.50 bits per heavy atom. The van der Waals surface area contributed by atoms with Crippen molar-refractivity contribution in [1.29, 1.82) is 0 Å². The van der Waals surface area contributed by atoms with Gasteiger partial charge in [0.1, 0.15) is 5.82 Å². The van der Waals surface area contributed by atoms with Crippen LogP contribution in [0.5, 0.6) is 0 Å². The van der Waals surface area contributed by atoms with Crippen molar-refractivity contribution in [2.45, 2.75) is 52.8 Å². The number of hydrogen-bond acceptors (Lipinski definition) is 4. The van der Waals surface area contributed by atoms with Crippen LogP contribution < -0.4 is 10.2 Å². The summed E-state index contributed by atoms with van der Waals surface area (Å²) in [4.78, 5) is 7.03. The number of nitrogens with one attached hydrogen (secondary N) is 1. The highest BCUT2D eigenvalue weighted by Gasteiger charge is 2.21. The van der Waals surface area contributed by atoms with Gasteiger partial charge in [-0.05, 0) is 30.5 Å². The predicted octanol–water partition coefficient (Wildman–Crippen LogP) is 2.50. The second kappa shape index (κ2) is 7.04. The molecule has 0 aliphatic carbocycles. The van der Waals surface area contributed by atoms with E-state index in [4.69, 9.17) is 4.74 Å². The number of pyridine rings is 1. The van der Waals surface area contributed by atoms with Crippen LogP contribution in [0.25, 0.3) is 0 Å². The van der Waals surface area contributed by atoms with Gasteiger partial charge >= 0.3 is 0 Å². The summed E-state index contributed by atoms with van der Waals surface area (Å²) in [6.07, 6.45) is 3.40. The lowest BCUT2D eigenvalue weighted by Crippen LogP contribution is -2.43. The Morgan fingerprint density at radius 3 is 2.95 bits per heavy atom. The minimum Gasteiger partial charge on any atom is -0.375 e. The zero-order valence-corrected chi connectivity index (χ0v) is 13.1. The first kappa shape index (κ1) is 15.3. The summed E-state index contributed by atoms with van der Waals surface area (Å²) in [5, 5.41) is 3.43. The van der Waals surface area contributed by atoms with E-state index in [1.54, 1.807) is 0 Å². The van der Waals surface area contributed by atoms with Crippen molar-refractivity contribution in [3.8, 4) is 0 Å². The summed E-state index contributed by atoms with van der Waals surface area (Å²) in [6.45, 7) is 12.2. The number of rotatable bonds is 5. The number of aryl methyl sites for hydroxylation is 1. The maximum atomic E-state index is 5.73. The minimum absolute atomic E-state index is 0.340. The second-order valence-electron chi connectivity index (χ2n) is 5.87. The first-order valence-electron chi connectivity index (χ1n) is 7.65. The van der Waals surface area contributed by atoms with Crippen LogP contribution in [0.3, 0.4) is 0 Å². The highest BCUT2D eigenvalue weighted by Crippen LogP contribution is 2.21. The lowest BCUT2D eigenvalue weighted by molar-refractivity contribution is 0.0381. The number of aromatic nitrogens is 1. The molecule has 2 rings (SSSR count). The first-order valence-corrected chi connectivity index (χ1v) is 7.65. The van der Waals surface area contributed by atoms with Gasteiger partial charge < -0.3 is 15.0 Å². The van der Waals surface area contributed by atoms with E-state index in [0.717, 1.165) is 38.5 Å². The van der Waals surface area contributed by atoms with Crippen LogP contribution in [0.15, 0.2) is 12.3 Å². The molecule has 1 aromatic heterocycles. The summed E-state index contributed by atoms with van der Waals surface area (Å²) >= 11 is 0. The summed E-state index contributed by atoms with van der Waals surface area (Å²) in [6, 6.07) is 2.74. The van der Waals surface area contributed by atoms with Gasteiger partial charge in [0.2, 0.25) is 0 Å². The lowest BCUT2D eigenvalue weighted by Gasteiger charge is -2.34. The first-order chi connectivity index (χ1) is 9.60. The zero-order chi connectivity index (χ0) is 14.5. The molecule has 1 atom stereocenters. The van der Waals surface area contributed by atoms with E-state index in [1.165, 1.54) is 11.1 Å². The summed E-state index contributed by atoms with van der Waals surface area (Å²) in [5.41, 5.74) is 2.50. The molecule has 4 heteroatoms. The molecule has 1 saturated heterocycles. The Balaban J connectivity index is 2.05. The van der Waals surface area contributed by atoms with Gasteiger partial charge in [0.25, 0.3) is 0 Å². The number of anilines is 1. The molecule has 1 aromatic rings. The fourth-order valence-corrected chi connectivity index (χ4v) is 2.53. The third-order valence-electron chi connectivity index (χ3n) is 3.72. The summed E-state index contributed by atoms with van der Waals surface area (Å²) < 4.78 is 5.73. The van der Waals surface area contributed by atoms with Gasteiger partial charge in [0, 0.05) is 31.9 Å². The van der Waals surface area contributed by atoms with E-state index in [0.29, 0.717) is 12.1 Å². The molecule has 0 amide bonds. The molecule has 1 aliphatic rings. The van der Waals surface area contributed by atoms with E-state index in [2.05, 4.69) is 49.0 Å². The van der Waals surface area contributed by atoms with Crippen LogP contribution >= 0.6 is 0 Å². The van der Waals surface area contributed by atoms with Crippen LogP contribution in [0, 0.1) is 6.92 Å². The number of morpholine rings is 1. The monoisotopic (exact) mass is 277 g/mol. The van der Waals surface area contributed by atoms with Gasteiger partial charge in [-0.25, -0.2) is 4.98 Å². The van der Waals surface area contributed by atoms with Gasteiger partial charge in [-0.1, -0.05) is 20.8 Å². The van der Waals surface area contributed by atoms with E-state index >= 15 is 0 Å². The van der Waals surface area contributed by atoms with Gasteiger partial charge in [-0.2, -0.15) is 0 Å². The third-order valence-corrected chi connectivity index (χ3v) is 3.72. The molecule has 0 radical (unpaired) electrons. The third kappa shape index (κ3) is 3.93. The summed E-state index contributed by atoms with van der Waals surface area (Å²) in [5.74, 6) is 1.11. The van der Waals surface area contributed by atoms with Gasteiger partial charge in [0.15, 0.2) is 0 Å². The molecule has 0 bridgehead atoms. The van der Waals surface area contributed by atoms with Gasteiger partial charge in [-0.3, -0.25) is 0 Å². The molecule has 0 spiro atoms. The number of hydrogen-bond donors (Lipinski definition) is 1. The molecular weight excluding hydrogens is 250 g/mol. The van der Waals surface area contributed by atoms with Crippen molar-refractivity contribution in [2.24, 2.45) is 0 Å². The maximum absolute atomic E-state index is 5.73. The Kier molecular flexibility index (Phi) is 5.38. The Hall–Kier alpha value is -1.13. The summed E-state index contributed by atoms with van der Waals surface area (Å²) in [7, 11) is 0. The smallest absolute Gasteiger partial charge is 0.131 e. The van der Waals surface area contributed by atoms with Crippen LogP contribution in [-0.4, -0.2) is 36.8 Å².